The van der Waals surface area contributed by atoms with Gasteiger partial charge in [-0.2, -0.15) is 0 Å². The summed E-state index contributed by atoms with van der Waals surface area (Å²) < 4.78 is 18.9. The van der Waals surface area contributed by atoms with Crippen molar-refractivity contribution < 1.29 is 13.9 Å². The van der Waals surface area contributed by atoms with Gasteiger partial charge >= 0.3 is 0 Å². The first-order valence-electron chi connectivity index (χ1n) is 8.55. The summed E-state index contributed by atoms with van der Waals surface area (Å²) >= 11 is 0. The third-order valence-corrected chi connectivity index (χ3v) is 4.59. The van der Waals surface area contributed by atoms with Crippen molar-refractivity contribution in [1.29, 1.82) is 0 Å². The van der Waals surface area contributed by atoms with E-state index in [1.54, 1.807) is 6.07 Å². The van der Waals surface area contributed by atoms with Gasteiger partial charge in [0, 0.05) is 17.6 Å². The maximum absolute atomic E-state index is 13.2. The van der Waals surface area contributed by atoms with E-state index in [0.717, 1.165) is 36.1 Å². The molecule has 26 heavy (non-hydrogen) atoms. The van der Waals surface area contributed by atoms with E-state index in [2.05, 4.69) is 5.32 Å². The second kappa shape index (κ2) is 9.01. The van der Waals surface area contributed by atoms with Gasteiger partial charge in [-0.3, -0.25) is 4.79 Å². The molecule has 2 aromatic rings. The fourth-order valence-corrected chi connectivity index (χ4v) is 3.15. The third kappa shape index (κ3) is 5.19. The Labute approximate surface area is 159 Å². The number of ether oxygens (including phenoxy) is 1. The van der Waals surface area contributed by atoms with Crippen LogP contribution in [0.5, 0.6) is 5.75 Å². The molecule has 4 nitrogen and oxygen atoms in total. The Morgan fingerprint density at radius 1 is 1.27 bits per heavy atom. The summed E-state index contributed by atoms with van der Waals surface area (Å²) in [4.78, 5) is 12.3. The Balaban J connectivity index is 0.00000243. The number of amides is 1. The largest absolute Gasteiger partial charge is 0.489 e. The Morgan fingerprint density at radius 3 is 2.73 bits per heavy atom. The molecule has 1 amide bonds. The van der Waals surface area contributed by atoms with E-state index in [1.165, 1.54) is 12.1 Å². The second-order valence-electron chi connectivity index (χ2n) is 6.65. The molecule has 1 saturated carbocycles. The lowest BCUT2D eigenvalue weighted by atomic mass is 10.1. The van der Waals surface area contributed by atoms with Crippen LogP contribution in [0.15, 0.2) is 42.5 Å². The summed E-state index contributed by atoms with van der Waals surface area (Å²) in [6.07, 6.45) is 2.50. The summed E-state index contributed by atoms with van der Waals surface area (Å²) in [6.45, 7) is 2.22. The van der Waals surface area contributed by atoms with Gasteiger partial charge in [-0.15, -0.1) is 12.4 Å². The van der Waals surface area contributed by atoms with Gasteiger partial charge in [0.2, 0.25) is 5.91 Å². The fraction of sp³-hybridized carbons (Fsp3) is 0.350. The van der Waals surface area contributed by atoms with Crippen molar-refractivity contribution in [1.82, 2.24) is 0 Å². The third-order valence-electron chi connectivity index (χ3n) is 4.59. The average molecular weight is 379 g/mol. The van der Waals surface area contributed by atoms with Gasteiger partial charge < -0.3 is 15.8 Å². The number of hydrogen-bond acceptors (Lipinski definition) is 3. The number of nitrogens with two attached hydrogens (primary N) is 1. The monoisotopic (exact) mass is 378 g/mol. The molecule has 3 N–H and O–H groups in total. The molecular formula is C20H24ClFN2O2. The van der Waals surface area contributed by atoms with E-state index >= 15 is 0 Å². The molecular weight excluding hydrogens is 355 g/mol. The molecule has 0 aromatic heterocycles. The Kier molecular flexibility index (Phi) is 7.00. The van der Waals surface area contributed by atoms with Crippen LogP contribution in [0.1, 0.15) is 30.4 Å². The summed E-state index contributed by atoms with van der Waals surface area (Å²) in [7, 11) is 0. The molecule has 0 radical (unpaired) electrons. The minimum Gasteiger partial charge on any atom is -0.489 e. The predicted molar refractivity (Wildman–Crippen MR) is 103 cm³/mol. The first-order chi connectivity index (χ1) is 12.0. The number of rotatable bonds is 5. The minimum atomic E-state index is -0.276. The number of aryl methyl sites for hydroxylation is 1. The number of benzene rings is 2. The summed E-state index contributed by atoms with van der Waals surface area (Å²) in [5.41, 5.74) is 8.35. The van der Waals surface area contributed by atoms with Crippen LogP contribution in [0, 0.1) is 18.7 Å². The molecule has 1 aliphatic carbocycles. The highest BCUT2D eigenvalue weighted by molar-refractivity contribution is 5.93. The quantitative estimate of drug-likeness (QED) is 0.819. The topological polar surface area (TPSA) is 64.3 Å². The summed E-state index contributed by atoms with van der Waals surface area (Å²) in [5.74, 6) is 0.437. The molecule has 0 bridgehead atoms. The van der Waals surface area contributed by atoms with Crippen LogP contribution in [0.25, 0.3) is 0 Å². The number of halogens is 2. The molecule has 0 spiro atoms. The van der Waals surface area contributed by atoms with Crippen molar-refractivity contribution in [2.24, 2.45) is 11.7 Å². The molecule has 1 fully saturated rings. The average Bonchev–Trinajstić information content (AvgIpc) is 3.02. The Morgan fingerprint density at radius 2 is 2.08 bits per heavy atom. The number of nitrogens with one attached hydrogen (secondary N) is 1. The lowest BCUT2D eigenvalue weighted by Gasteiger charge is -2.14. The van der Waals surface area contributed by atoms with Crippen LogP contribution in [-0.2, 0) is 11.4 Å². The van der Waals surface area contributed by atoms with Crippen LogP contribution >= 0.6 is 12.4 Å². The molecule has 140 valence electrons. The molecule has 0 heterocycles. The van der Waals surface area contributed by atoms with E-state index in [0.29, 0.717) is 12.4 Å². The van der Waals surface area contributed by atoms with Crippen LogP contribution in [0.4, 0.5) is 10.1 Å². The number of anilines is 1. The zero-order chi connectivity index (χ0) is 17.8. The normalized spacial score (nSPS) is 18.9. The van der Waals surface area contributed by atoms with Crippen molar-refractivity contribution in [2.75, 3.05) is 5.32 Å². The van der Waals surface area contributed by atoms with Crippen molar-refractivity contribution in [3.8, 4) is 5.75 Å². The fourth-order valence-electron chi connectivity index (χ4n) is 3.15. The van der Waals surface area contributed by atoms with Gasteiger partial charge in [-0.25, -0.2) is 4.39 Å². The highest BCUT2D eigenvalue weighted by atomic mass is 35.5. The van der Waals surface area contributed by atoms with Crippen LogP contribution in [0.2, 0.25) is 0 Å². The lowest BCUT2D eigenvalue weighted by Crippen LogP contribution is -2.23. The van der Waals surface area contributed by atoms with Crippen molar-refractivity contribution >= 4 is 24.0 Å². The smallest absolute Gasteiger partial charge is 0.227 e. The molecule has 2 aromatic carbocycles. The van der Waals surface area contributed by atoms with Crippen LogP contribution in [-0.4, -0.2) is 11.9 Å². The Hall–Kier alpha value is -2.11. The van der Waals surface area contributed by atoms with Gasteiger partial charge in [-0.1, -0.05) is 12.1 Å². The maximum atomic E-state index is 13.2. The molecule has 3 rings (SSSR count). The van der Waals surface area contributed by atoms with Crippen molar-refractivity contribution in [3.05, 3.63) is 59.4 Å². The molecule has 1 aliphatic rings. The van der Waals surface area contributed by atoms with E-state index in [-0.39, 0.29) is 36.1 Å². The zero-order valence-corrected chi connectivity index (χ0v) is 15.5. The van der Waals surface area contributed by atoms with Gasteiger partial charge in [0.25, 0.3) is 0 Å². The van der Waals surface area contributed by atoms with E-state index in [4.69, 9.17) is 10.5 Å². The highest BCUT2D eigenvalue weighted by Gasteiger charge is 2.27. The van der Waals surface area contributed by atoms with Crippen molar-refractivity contribution in [3.63, 3.8) is 0 Å². The van der Waals surface area contributed by atoms with Crippen LogP contribution in [0.3, 0.4) is 0 Å². The Bertz CT molecular complexity index is 769. The number of carbonyl (C=O) groups excluding carboxylic acids is 1. The summed E-state index contributed by atoms with van der Waals surface area (Å²) in [6, 6.07) is 12.0. The van der Waals surface area contributed by atoms with E-state index < -0.39 is 0 Å². The first kappa shape index (κ1) is 20.2. The van der Waals surface area contributed by atoms with Gasteiger partial charge in [0.05, 0.1) is 0 Å². The molecule has 0 saturated heterocycles. The first-order valence-corrected chi connectivity index (χ1v) is 8.55. The van der Waals surface area contributed by atoms with E-state index in [1.807, 2.05) is 31.2 Å². The zero-order valence-electron chi connectivity index (χ0n) is 14.7. The number of hydrogen-bond donors (Lipinski definition) is 2. The van der Waals surface area contributed by atoms with Crippen LogP contribution < -0.4 is 15.8 Å². The summed E-state index contributed by atoms with van der Waals surface area (Å²) in [5, 5.41) is 2.98. The number of carbonyl (C=O) groups is 1. The lowest BCUT2D eigenvalue weighted by molar-refractivity contribution is -0.119. The molecule has 2 unspecified atom stereocenters. The molecule has 0 aliphatic heterocycles. The van der Waals surface area contributed by atoms with Gasteiger partial charge in [0.1, 0.15) is 18.2 Å². The minimum absolute atomic E-state index is 0. The maximum Gasteiger partial charge on any atom is 0.227 e. The van der Waals surface area contributed by atoms with Gasteiger partial charge in [-0.05, 0) is 67.6 Å². The SMILES string of the molecule is Cc1cc(OCc2cccc(F)c2)ccc1NC(=O)C1CCC(N)C1.Cl. The molecule has 2 atom stereocenters. The van der Waals surface area contributed by atoms with Crippen molar-refractivity contribution in [2.45, 2.75) is 38.8 Å². The van der Waals surface area contributed by atoms with E-state index in [9.17, 15) is 9.18 Å². The predicted octanol–water partition coefficient (Wildman–Crippen LogP) is 4.20. The standard InChI is InChI=1S/C20H23FN2O2.ClH/c1-13-9-18(25-12-14-3-2-4-16(21)10-14)7-8-19(13)23-20(24)15-5-6-17(22)11-15;/h2-4,7-10,15,17H,5-6,11-12,22H2,1H3,(H,23,24);1H. The second-order valence-corrected chi connectivity index (χ2v) is 6.65. The highest BCUT2D eigenvalue weighted by Crippen LogP contribution is 2.27. The molecule has 6 heteroatoms. The van der Waals surface area contributed by atoms with Gasteiger partial charge in [0.15, 0.2) is 0 Å².